The van der Waals surface area contributed by atoms with E-state index < -0.39 is 27.2 Å². The number of aromatic hydroxyl groups is 1. The molecule has 0 aliphatic carbocycles. The molecule has 6 heteroatoms. The number of sulfone groups is 1. The van der Waals surface area contributed by atoms with E-state index in [4.69, 9.17) is 5.11 Å². The Labute approximate surface area is 109 Å². The molecule has 2 aromatic rings. The summed E-state index contributed by atoms with van der Waals surface area (Å²) in [6, 6.07) is 7.73. The summed E-state index contributed by atoms with van der Waals surface area (Å²) in [5, 5.41) is 9.04. The van der Waals surface area contributed by atoms with E-state index in [-0.39, 0.29) is 16.0 Å². The monoisotopic (exact) mass is 284 g/mol. The lowest BCUT2D eigenvalue weighted by Gasteiger charge is -2.07. The van der Waals surface area contributed by atoms with Crippen LogP contribution >= 0.6 is 0 Å². The summed E-state index contributed by atoms with van der Waals surface area (Å²) in [5.41, 5.74) is 0.111. The van der Waals surface area contributed by atoms with Gasteiger partial charge in [0.1, 0.15) is 0 Å². The maximum Gasteiger partial charge on any atom is 0.200 e. The number of hydrogen-bond acceptors (Lipinski definition) is 3. The number of halogens is 2. The largest absolute Gasteiger partial charge is 0.505 e. The highest BCUT2D eigenvalue weighted by atomic mass is 32.2. The molecule has 0 amide bonds. The van der Waals surface area contributed by atoms with Crippen LogP contribution in [-0.2, 0) is 9.84 Å². The highest BCUT2D eigenvalue weighted by Crippen LogP contribution is 2.30. The van der Waals surface area contributed by atoms with E-state index in [0.29, 0.717) is 0 Å². The van der Waals surface area contributed by atoms with Crippen LogP contribution in [-0.4, -0.2) is 19.8 Å². The standard InChI is InChI=1S/C13H10F2O3S/c1-19(17,18)9-4-2-3-8(7-9)10-5-6-11(16)13(15)12(10)14/h2-7,16H,1H3. The van der Waals surface area contributed by atoms with Crippen molar-refractivity contribution in [3.63, 3.8) is 0 Å². The third-order valence-electron chi connectivity index (χ3n) is 2.64. The van der Waals surface area contributed by atoms with Gasteiger partial charge in [0.2, 0.25) is 5.82 Å². The molecule has 0 aromatic heterocycles. The first-order chi connectivity index (χ1) is 8.80. The van der Waals surface area contributed by atoms with Gasteiger partial charge in [0.05, 0.1) is 4.90 Å². The minimum Gasteiger partial charge on any atom is -0.505 e. The van der Waals surface area contributed by atoms with E-state index in [9.17, 15) is 17.2 Å². The number of phenolic OH excluding ortho intramolecular Hbond substituents is 1. The molecule has 0 heterocycles. The van der Waals surface area contributed by atoms with Crippen molar-refractivity contribution in [2.75, 3.05) is 6.26 Å². The van der Waals surface area contributed by atoms with E-state index in [1.807, 2.05) is 0 Å². The topological polar surface area (TPSA) is 54.4 Å². The lowest BCUT2D eigenvalue weighted by Crippen LogP contribution is -1.97. The normalized spacial score (nSPS) is 11.5. The molecule has 0 bridgehead atoms. The maximum atomic E-state index is 13.7. The number of phenols is 1. The Morgan fingerprint density at radius 1 is 1.05 bits per heavy atom. The van der Waals surface area contributed by atoms with Crippen LogP contribution in [0.2, 0.25) is 0 Å². The molecule has 1 N–H and O–H groups in total. The van der Waals surface area contributed by atoms with Crippen LogP contribution in [0.25, 0.3) is 11.1 Å². The van der Waals surface area contributed by atoms with Gasteiger partial charge in [-0.25, -0.2) is 12.8 Å². The van der Waals surface area contributed by atoms with Gasteiger partial charge in [-0.05, 0) is 29.8 Å². The molecule has 2 aromatic carbocycles. The molecule has 0 fully saturated rings. The average Bonchev–Trinajstić information content (AvgIpc) is 2.35. The Bertz CT molecular complexity index is 740. The second kappa shape index (κ2) is 4.62. The molecule has 0 aliphatic rings. The quantitative estimate of drug-likeness (QED) is 0.922. The molecular weight excluding hydrogens is 274 g/mol. The predicted octanol–water partition coefficient (Wildman–Crippen LogP) is 2.74. The summed E-state index contributed by atoms with van der Waals surface area (Å²) in [6.45, 7) is 0. The van der Waals surface area contributed by atoms with Gasteiger partial charge in [0.25, 0.3) is 0 Å². The Kier molecular flexibility index (Phi) is 3.28. The zero-order valence-corrected chi connectivity index (χ0v) is 10.7. The lowest BCUT2D eigenvalue weighted by molar-refractivity contribution is 0.408. The second-order valence-corrected chi connectivity index (χ2v) is 6.08. The van der Waals surface area contributed by atoms with E-state index in [2.05, 4.69) is 0 Å². The van der Waals surface area contributed by atoms with Gasteiger partial charge in [0.15, 0.2) is 21.4 Å². The van der Waals surface area contributed by atoms with Crippen LogP contribution in [0.3, 0.4) is 0 Å². The first-order valence-corrected chi connectivity index (χ1v) is 7.17. The lowest BCUT2D eigenvalue weighted by atomic mass is 10.0. The van der Waals surface area contributed by atoms with E-state index in [1.54, 1.807) is 0 Å². The Balaban J connectivity index is 2.64. The van der Waals surface area contributed by atoms with Crippen molar-refractivity contribution >= 4 is 9.84 Å². The van der Waals surface area contributed by atoms with Crippen LogP contribution < -0.4 is 0 Å². The van der Waals surface area contributed by atoms with Gasteiger partial charge < -0.3 is 5.11 Å². The van der Waals surface area contributed by atoms with Gasteiger partial charge in [-0.3, -0.25) is 0 Å². The molecule has 0 unspecified atom stereocenters. The molecule has 0 radical (unpaired) electrons. The Morgan fingerprint density at radius 3 is 2.37 bits per heavy atom. The van der Waals surface area contributed by atoms with Crippen molar-refractivity contribution in [3.05, 3.63) is 48.0 Å². The maximum absolute atomic E-state index is 13.7. The molecule has 0 aliphatic heterocycles. The highest BCUT2D eigenvalue weighted by Gasteiger charge is 2.15. The van der Waals surface area contributed by atoms with E-state index in [0.717, 1.165) is 12.3 Å². The fourth-order valence-electron chi connectivity index (χ4n) is 1.66. The van der Waals surface area contributed by atoms with Crippen LogP contribution in [0.15, 0.2) is 41.3 Å². The smallest absolute Gasteiger partial charge is 0.200 e. The van der Waals surface area contributed by atoms with E-state index in [1.165, 1.54) is 30.3 Å². The molecule has 0 saturated heterocycles. The molecule has 100 valence electrons. The zero-order valence-electron chi connectivity index (χ0n) is 9.89. The SMILES string of the molecule is CS(=O)(=O)c1cccc(-c2ccc(O)c(F)c2F)c1. The average molecular weight is 284 g/mol. The van der Waals surface area contributed by atoms with Crippen LogP contribution in [0.1, 0.15) is 0 Å². The van der Waals surface area contributed by atoms with Gasteiger partial charge in [0, 0.05) is 11.8 Å². The number of benzene rings is 2. The predicted molar refractivity (Wildman–Crippen MR) is 66.6 cm³/mol. The first-order valence-electron chi connectivity index (χ1n) is 5.28. The zero-order chi connectivity index (χ0) is 14.2. The molecule has 3 nitrogen and oxygen atoms in total. The Hall–Kier alpha value is -1.95. The van der Waals surface area contributed by atoms with Gasteiger partial charge in [-0.15, -0.1) is 0 Å². The van der Waals surface area contributed by atoms with Crippen molar-refractivity contribution in [1.82, 2.24) is 0 Å². The third-order valence-corrected chi connectivity index (χ3v) is 3.75. The fraction of sp³-hybridized carbons (Fsp3) is 0.0769. The van der Waals surface area contributed by atoms with Gasteiger partial charge >= 0.3 is 0 Å². The summed E-state index contributed by atoms with van der Waals surface area (Å²) in [6.07, 6.45) is 1.03. The molecule has 0 saturated carbocycles. The molecule has 19 heavy (non-hydrogen) atoms. The first kappa shape index (κ1) is 13.5. The number of hydrogen-bond donors (Lipinski definition) is 1. The summed E-state index contributed by atoms with van der Waals surface area (Å²) < 4.78 is 49.8. The fourth-order valence-corrected chi connectivity index (χ4v) is 2.32. The van der Waals surface area contributed by atoms with Crippen LogP contribution in [0, 0.1) is 11.6 Å². The van der Waals surface area contributed by atoms with Gasteiger partial charge in [-0.1, -0.05) is 12.1 Å². The third kappa shape index (κ3) is 2.58. The summed E-state index contributed by atoms with van der Waals surface area (Å²) in [5.74, 6) is -3.37. The van der Waals surface area contributed by atoms with Crippen LogP contribution in [0.5, 0.6) is 5.75 Å². The summed E-state index contributed by atoms with van der Waals surface area (Å²) >= 11 is 0. The summed E-state index contributed by atoms with van der Waals surface area (Å²) in [4.78, 5) is 0.0119. The molecule has 0 spiro atoms. The van der Waals surface area contributed by atoms with E-state index >= 15 is 0 Å². The molecule has 0 atom stereocenters. The van der Waals surface area contributed by atoms with Crippen LogP contribution in [0.4, 0.5) is 8.78 Å². The highest BCUT2D eigenvalue weighted by molar-refractivity contribution is 7.90. The second-order valence-electron chi connectivity index (χ2n) is 4.06. The van der Waals surface area contributed by atoms with Crippen molar-refractivity contribution in [3.8, 4) is 16.9 Å². The van der Waals surface area contributed by atoms with Crippen molar-refractivity contribution in [2.45, 2.75) is 4.90 Å². The molecular formula is C13H10F2O3S. The van der Waals surface area contributed by atoms with Crippen molar-refractivity contribution in [1.29, 1.82) is 0 Å². The minimum atomic E-state index is -3.43. The Morgan fingerprint density at radius 2 is 1.74 bits per heavy atom. The molecule has 2 rings (SSSR count). The van der Waals surface area contributed by atoms with Gasteiger partial charge in [-0.2, -0.15) is 4.39 Å². The van der Waals surface area contributed by atoms with Crippen molar-refractivity contribution < 1.29 is 22.3 Å². The minimum absolute atomic E-state index is 0.0119. The van der Waals surface area contributed by atoms with Crippen molar-refractivity contribution in [2.24, 2.45) is 0 Å². The summed E-state index contributed by atoms with van der Waals surface area (Å²) in [7, 11) is -3.43. The number of rotatable bonds is 2.